The lowest BCUT2D eigenvalue weighted by Gasteiger charge is -2.10. The molecule has 0 aliphatic carbocycles. The summed E-state index contributed by atoms with van der Waals surface area (Å²) < 4.78 is 17.9. The van der Waals surface area contributed by atoms with Crippen LogP contribution in [0.5, 0.6) is 6.01 Å². The van der Waals surface area contributed by atoms with E-state index in [9.17, 15) is 4.79 Å². The number of aryl methyl sites for hydroxylation is 1. The highest BCUT2D eigenvalue weighted by atomic mass is 16.5. The second-order valence-corrected chi connectivity index (χ2v) is 6.97. The zero-order valence-corrected chi connectivity index (χ0v) is 17.9. The lowest BCUT2D eigenvalue weighted by Crippen LogP contribution is -2.11. The predicted octanol–water partition coefficient (Wildman–Crippen LogP) is 4.50. The molecule has 0 bridgehead atoms. The zero-order valence-electron chi connectivity index (χ0n) is 17.9. The lowest BCUT2D eigenvalue weighted by molar-refractivity contribution is 0.0996. The van der Waals surface area contributed by atoms with Crippen LogP contribution in [-0.4, -0.2) is 40.5 Å². The first-order chi connectivity index (χ1) is 15.7. The Bertz CT molecular complexity index is 1180. The Morgan fingerprint density at radius 2 is 1.97 bits per heavy atom. The molecule has 0 spiro atoms. The van der Waals surface area contributed by atoms with E-state index in [2.05, 4.69) is 15.4 Å². The van der Waals surface area contributed by atoms with Crippen LogP contribution < -0.4 is 10.1 Å². The van der Waals surface area contributed by atoms with Crippen molar-refractivity contribution in [2.75, 3.05) is 25.1 Å². The summed E-state index contributed by atoms with van der Waals surface area (Å²) in [6, 6.07) is 18.8. The number of nitrogens with one attached hydrogen (secondary N) is 1. The van der Waals surface area contributed by atoms with Crippen molar-refractivity contribution < 1.29 is 18.7 Å². The number of aromatic nitrogens is 3. The van der Waals surface area contributed by atoms with Crippen LogP contribution in [0.1, 0.15) is 23.0 Å². The molecule has 0 saturated heterocycles. The van der Waals surface area contributed by atoms with E-state index in [1.165, 1.54) is 6.26 Å². The Morgan fingerprint density at radius 1 is 1.09 bits per heavy atom. The van der Waals surface area contributed by atoms with Gasteiger partial charge in [0.15, 0.2) is 11.6 Å². The van der Waals surface area contributed by atoms with Crippen LogP contribution in [0.4, 0.5) is 5.69 Å². The van der Waals surface area contributed by atoms with Gasteiger partial charge in [0.1, 0.15) is 6.61 Å². The molecule has 2 aromatic carbocycles. The molecule has 4 rings (SSSR count). The Labute approximate surface area is 185 Å². The normalized spacial score (nSPS) is 10.8. The summed E-state index contributed by atoms with van der Waals surface area (Å²) in [6.45, 7) is 5.38. The Kier molecular flexibility index (Phi) is 6.62. The quantitative estimate of drug-likeness (QED) is 0.392. The summed E-state index contributed by atoms with van der Waals surface area (Å²) in [5.41, 5.74) is 3.33. The third-order valence-electron chi connectivity index (χ3n) is 4.73. The van der Waals surface area contributed by atoms with Crippen molar-refractivity contribution in [3.63, 3.8) is 0 Å². The van der Waals surface area contributed by atoms with Crippen LogP contribution in [0.25, 0.3) is 17.1 Å². The first-order valence-electron chi connectivity index (χ1n) is 10.3. The van der Waals surface area contributed by atoms with E-state index in [1.807, 2.05) is 56.3 Å². The maximum atomic E-state index is 12.4. The molecule has 8 heteroatoms. The molecular weight excluding hydrogens is 408 g/mol. The van der Waals surface area contributed by atoms with Gasteiger partial charge in [-0.1, -0.05) is 30.3 Å². The van der Waals surface area contributed by atoms with Crippen LogP contribution in [0.3, 0.4) is 0 Å². The number of carbonyl (C=O) groups is 1. The van der Waals surface area contributed by atoms with Gasteiger partial charge < -0.3 is 19.2 Å². The van der Waals surface area contributed by atoms with Crippen LogP contribution >= 0.6 is 0 Å². The SMILES string of the molecule is CCOCCOc1nc(-c2ccccc2C)n(-c2cccc(NC(=O)c3ccco3)c2)n1. The smallest absolute Gasteiger partial charge is 0.336 e. The van der Waals surface area contributed by atoms with Gasteiger partial charge in [-0.2, -0.15) is 4.98 Å². The molecule has 164 valence electrons. The van der Waals surface area contributed by atoms with Gasteiger partial charge in [-0.3, -0.25) is 4.79 Å². The molecule has 0 aliphatic rings. The van der Waals surface area contributed by atoms with Crippen LogP contribution in [0.15, 0.2) is 71.3 Å². The average molecular weight is 432 g/mol. The van der Waals surface area contributed by atoms with Crippen molar-refractivity contribution in [1.29, 1.82) is 0 Å². The molecule has 2 aromatic heterocycles. The van der Waals surface area contributed by atoms with Gasteiger partial charge in [0.2, 0.25) is 0 Å². The van der Waals surface area contributed by atoms with Gasteiger partial charge >= 0.3 is 6.01 Å². The number of carbonyl (C=O) groups excluding carboxylic acids is 1. The molecule has 4 aromatic rings. The van der Waals surface area contributed by atoms with Crippen LogP contribution in [-0.2, 0) is 4.74 Å². The van der Waals surface area contributed by atoms with Crippen molar-refractivity contribution in [1.82, 2.24) is 14.8 Å². The Hall–Kier alpha value is -3.91. The maximum absolute atomic E-state index is 12.4. The zero-order chi connectivity index (χ0) is 22.3. The fourth-order valence-electron chi connectivity index (χ4n) is 3.18. The monoisotopic (exact) mass is 432 g/mol. The van der Waals surface area contributed by atoms with E-state index in [-0.39, 0.29) is 17.7 Å². The van der Waals surface area contributed by atoms with E-state index in [1.54, 1.807) is 22.9 Å². The third-order valence-corrected chi connectivity index (χ3v) is 4.73. The molecular formula is C24H24N4O4. The molecule has 0 unspecified atom stereocenters. The Balaban J connectivity index is 1.66. The molecule has 8 nitrogen and oxygen atoms in total. The predicted molar refractivity (Wildman–Crippen MR) is 120 cm³/mol. The van der Waals surface area contributed by atoms with Gasteiger partial charge in [-0.15, -0.1) is 5.10 Å². The fraction of sp³-hybridized carbons (Fsp3) is 0.208. The van der Waals surface area contributed by atoms with Crippen molar-refractivity contribution in [2.24, 2.45) is 0 Å². The van der Waals surface area contributed by atoms with Gasteiger partial charge in [0, 0.05) is 17.9 Å². The first kappa shape index (κ1) is 21.3. The van der Waals surface area contributed by atoms with E-state index in [0.717, 1.165) is 16.8 Å². The largest absolute Gasteiger partial charge is 0.460 e. The standard InChI is InChI=1S/C24H24N4O4/c1-3-30-14-15-32-24-26-22(20-11-5-4-8-17(20)2)28(27-24)19-10-6-9-18(16-19)25-23(29)21-12-7-13-31-21/h4-13,16H,3,14-15H2,1-2H3,(H,25,29). The molecule has 0 saturated carbocycles. The van der Waals surface area contributed by atoms with Crippen molar-refractivity contribution >= 4 is 11.6 Å². The topological polar surface area (TPSA) is 91.4 Å². The molecule has 1 amide bonds. The third kappa shape index (κ3) is 4.87. The van der Waals surface area contributed by atoms with E-state index < -0.39 is 0 Å². The van der Waals surface area contributed by atoms with Gasteiger partial charge in [0.05, 0.1) is 18.6 Å². The summed E-state index contributed by atoms with van der Waals surface area (Å²) in [7, 11) is 0. The van der Waals surface area contributed by atoms with E-state index in [4.69, 9.17) is 13.9 Å². The number of nitrogens with zero attached hydrogens (tertiary/aromatic N) is 3. The minimum atomic E-state index is -0.329. The number of anilines is 1. The highest BCUT2D eigenvalue weighted by Crippen LogP contribution is 2.27. The second kappa shape index (κ2) is 9.93. The number of hydrogen-bond acceptors (Lipinski definition) is 6. The lowest BCUT2D eigenvalue weighted by atomic mass is 10.1. The summed E-state index contributed by atoms with van der Waals surface area (Å²) in [5, 5.41) is 7.40. The van der Waals surface area contributed by atoms with Gasteiger partial charge in [-0.05, 0) is 49.7 Å². The van der Waals surface area contributed by atoms with Crippen molar-refractivity contribution in [2.45, 2.75) is 13.8 Å². The van der Waals surface area contributed by atoms with Crippen LogP contribution in [0, 0.1) is 6.92 Å². The van der Waals surface area contributed by atoms with Crippen LogP contribution in [0.2, 0.25) is 0 Å². The molecule has 2 heterocycles. The maximum Gasteiger partial charge on any atom is 0.336 e. The molecule has 1 N–H and O–H groups in total. The van der Waals surface area contributed by atoms with E-state index in [0.29, 0.717) is 31.3 Å². The number of amides is 1. The Morgan fingerprint density at radius 3 is 2.75 bits per heavy atom. The number of furan rings is 1. The van der Waals surface area contributed by atoms with Crippen molar-refractivity contribution in [3.8, 4) is 23.1 Å². The fourth-order valence-corrected chi connectivity index (χ4v) is 3.18. The minimum absolute atomic E-state index is 0.238. The summed E-state index contributed by atoms with van der Waals surface area (Å²) in [6.07, 6.45) is 1.46. The molecule has 32 heavy (non-hydrogen) atoms. The first-order valence-corrected chi connectivity index (χ1v) is 10.3. The summed E-state index contributed by atoms with van der Waals surface area (Å²) >= 11 is 0. The minimum Gasteiger partial charge on any atom is -0.460 e. The number of rotatable bonds is 9. The highest BCUT2D eigenvalue weighted by Gasteiger charge is 2.17. The molecule has 0 radical (unpaired) electrons. The highest BCUT2D eigenvalue weighted by molar-refractivity contribution is 6.02. The number of hydrogen-bond donors (Lipinski definition) is 1. The molecule has 0 atom stereocenters. The average Bonchev–Trinajstić information content (AvgIpc) is 3.48. The molecule has 0 aliphatic heterocycles. The summed E-state index contributed by atoms with van der Waals surface area (Å²) in [5.74, 6) is 0.551. The number of ether oxygens (including phenoxy) is 2. The summed E-state index contributed by atoms with van der Waals surface area (Å²) in [4.78, 5) is 17.0. The van der Waals surface area contributed by atoms with Crippen molar-refractivity contribution in [3.05, 3.63) is 78.3 Å². The second-order valence-electron chi connectivity index (χ2n) is 6.97. The van der Waals surface area contributed by atoms with Gasteiger partial charge in [-0.25, -0.2) is 4.68 Å². The van der Waals surface area contributed by atoms with Gasteiger partial charge in [0.25, 0.3) is 5.91 Å². The molecule has 0 fully saturated rings. The van der Waals surface area contributed by atoms with E-state index >= 15 is 0 Å². The number of benzene rings is 2.